The lowest BCUT2D eigenvalue weighted by atomic mass is 10.2. The minimum absolute atomic E-state index is 0.0218. The second-order valence-electron chi connectivity index (χ2n) is 3.84. The molecule has 0 saturated carbocycles. The number of aliphatic carboxylic acids is 1. The van der Waals surface area contributed by atoms with Crippen LogP contribution in [0.4, 0.5) is 0 Å². The summed E-state index contributed by atoms with van der Waals surface area (Å²) in [7, 11) is 1.60. The first-order valence-electron chi connectivity index (χ1n) is 5.38. The van der Waals surface area contributed by atoms with Crippen molar-refractivity contribution in [2.75, 3.05) is 26.8 Å². The van der Waals surface area contributed by atoms with Gasteiger partial charge in [-0.25, -0.2) is 0 Å². The fourth-order valence-corrected chi connectivity index (χ4v) is 1.71. The summed E-state index contributed by atoms with van der Waals surface area (Å²) in [5.74, 6) is -1.05. The highest BCUT2D eigenvalue weighted by Crippen LogP contribution is 2.08. The van der Waals surface area contributed by atoms with Gasteiger partial charge in [-0.1, -0.05) is 23.7 Å². The van der Waals surface area contributed by atoms with Crippen molar-refractivity contribution >= 4 is 17.6 Å². The summed E-state index contributed by atoms with van der Waals surface area (Å²) in [6.45, 7) is 1.75. The number of benzene rings is 1. The molecule has 0 heterocycles. The normalized spacial score (nSPS) is 12.4. The molecule has 0 spiro atoms. The minimum atomic E-state index is -1.05. The second kappa shape index (κ2) is 7.27. The summed E-state index contributed by atoms with van der Waals surface area (Å²) < 4.78 is 4.96. The van der Waals surface area contributed by atoms with E-state index < -0.39 is 5.97 Å². The van der Waals surface area contributed by atoms with Gasteiger partial charge in [-0.15, -0.1) is 0 Å². The summed E-state index contributed by atoms with van der Waals surface area (Å²) in [5.41, 5.74) is 1.04. The van der Waals surface area contributed by atoms with Gasteiger partial charge < -0.3 is 19.5 Å². The Morgan fingerprint density at radius 3 is 2.59 bits per heavy atom. The molecule has 0 aliphatic rings. The number of rotatable bonds is 7. The molecule has 4 nitrogen and oxygen atoms in total. The lowest BCUT2D eigenvalue weighted by Crippen LogP contribution is -3.12. The first kappa shape index (κ1) is 14.0. The van der Waals surface area contributed by atoms with Gasteiger partial charge in [0.2, 0.25) is 0 Å². The van der Waals surface area contributed by atoms with Crippen molar-refractivity contribution in [3.63, 3.8) is 0 Å². The number of carbonyl (C=O) groups excluding carboxylic acids is 1. The number of carbonyl (C=O) groups is 1. The Morgan fingerprint density at radius 1 is 1.41 bits per heavy atom. The van der Waals surface area contributed by atoms with Gasteiger partial charge >= 0.3 is 0 Å². The largest absolute Gasteiger partial charge is 0.544 e. The van der Waals surface area contributed by atoms with E-state index in [0.29, 0.717) is 24.7 Å². The van der Waals surface area contributed by atoms with Crippen LogP contribution in [-0.4, -0.2) is 32.8 Å². The van der Waals surface area contributed by atoms with Crippen molar-refractivity contribution in [3.05, 3.63) is 34.9 Å². The Balaban J connectivity index is 2.57. The quantitative estimate of drug-likeness (QED) is 0.690. The molecule has 1 unspecified atom stereocenters. The van der Waals surface area contributed by atoms with E-state index in [0.717, 1.165) is 10.5 Å². The number of hydrogen-bond acceptors (Lipinski definition) is 3. The summed E-state index contributed by atoms with van der Waals surface area (Å²) in [5, 5.41) is 11.3. The topological polar surface area (TPSA) is 53.8 Å². The number of ether oxygens (including phenoxy) is 1. The first-order chi connectivity index (χ1) is 8.11. The van der Waals surface area contributed by atoms with Crippen molar-refractivity contribution in [3.8, 4) is 0 Å². The molecule has 0 radical (unpaired) electrons. The molecule has 94 valence electrons. The monoisotopic (exact) mass is 257 g/mol. The van der Waals surface area contributed by atoms with E-state index in [1.165, 1.54) is 0 Å². The first-order valence-corrected chi connectivity index (χ1v) is 5.76. The molecule has 1 aromatic rings. The van der Waals surface area contributed by atoms with E-state index in [-0.39, 0.29) is 6.54 Å². The Labute approximate surface area is 106 Å². The molecule has 0 saturated heterocycles. The maximum absolute atomic E-state index is 10.6. The molecule has 1 N–H and O–H groups in total. The number of carboxylic acids is 1. The molecule has 0 fully saturated rings. The Hall–Kier alpha value is -1.10. The maximum atomic E-state index is 10.6. The summed E-state index contributed by atoms with van der Waals surface area (Å²) in [4.78, 5) is 11.5. The standard InChI is InChI=1S/C12H16ClNO3/c1-17-7-6-14(9-12(15)16)8-10-2-4-11(13)5-3-10/h2-5H,6-9H2,1H3,(H,15,16). The molecule has 1 rings (SSSR count). The van der Waals surface area contributed by atoms with Crippen LogP contribution in [0.1, 0.15) is 5.56 Å². The Morgan fingerprint density at radius 2 is 2.06 bits per heavy atom. The highest BCUT2D eigenvalue weighted by atomic mass is 35.5. The fraction of sp³-hybridized carbons (Fsp3) is 0.417. The van der Waals surface area contributed by atoms with Gasteiger partial charge in [-0.2, -0.15) is 0 Å². The minimum Gasteiger partial charge on any atom is -0.544 e. The predicted octanol–water partition coefficient (Wildman–Crippen LogP) is -0.879. The number of carboxylic acid groups (broad SMARTS) is 1. The highest BCUT2D eigenvalue weighted by Gasteiger charge is 2.09. The zero-order valence-corrected chi connectivity index (χ0v) is 10.5. The van der Waals surface area contributed by atoms with Crippen molar-refractivity contribution in [2.45, 2.75) is 6.54 Å². The molecule has 1 aromatic carbocycles. The van der Waals surface area contributed by atoms with Crippen LogP contribution in [0.15, 0.2) is 24.3 Å². The van der Waals surface area contributed by atoms with Crippen molar-refractivity contribution in [1.82, 2.24) is 0 Å². The van der Waals surface area contributed by atoms with Crippen LogP contribution in [0.25, 0.3) is 0 Å². The lowest BCUT2D eigenvalue weighted by molar-refractivity contribution is -0.908. The van der Waals surface area contributed by atoms with Gasteiger partial charge in [0, 0.05) is 17.7 Å². The Kier molecular flexibility index (Phi) is 5.97. The Bertz CT molecular complexity index is 353. The van der Waals surface area contributed by atoms with Crippen LogP contribution in [0.5, 0.6) is 0 Å². The van der Waals surface area contributed by atoms with Crippen molar-refractivity contribution in [2.24, 2.45) is 0 Å². The average Bonchev–Trinajstić information content (AvgIpc) is 2.28. The molecule has 0 aliphatic heterocycles. The van der Waals surface area contributed by atoms with E-state index in [9.17, 15) is 9.90 Å². The third-order valence-corrected chi connectivity index (χ3v) is 2.67. The molecule has 0 aromatic heterocycles. The smallest absolute Gasteiger partial charge is 0.118 e. The molecule has 0 amide bonds. The summed E-state index contributed by atoms with van der Waals surface area (Å²) in [6.07, 6.45) is 0. The zero-order valence-electron chi connectivity index (χ0n) is 9.74. The van der Waals surface area contributed by atoms with Gasteiger partial charge in [-0.05, 0) is 12.1 Å². The van der Waals surface area contributed by atoms with Gasteiger partial charge in [0.25, 0.3) is 0 Å². The average molecular weight is 258 g/mol. The molecule has 1 atom stereocenters. The molecule has 5 heteroatoms. The third-order valence-electron chi connectivity index (χ3n) is 2.42. The van der Waals surface area contributed by atoms with Crippen LogP contribution in [0, 0.1) is 0 Å². The summed E-state index contributed by atoms with van der Waals surface area (Å²) >= 11 is 5.79. The maximum Gasteiger partial charge on any atom is 0.118 e. The van der Waals surface area contributed by atoms with Crippen molar-refractivity contribution in [1.29, 1.82) is 0 Å². The number of hydrogen-bond donors (Lipinski definition) is 1. The number of halogens is 1. The van der Waals surface area contributed by atoms with E-state index in [1.807, 2.05) is 12.1 Å². The fourth-order valence-electron chi connectivity index (χ4n) is 1.58. The van der Waals surface area contributed by atoms with Gasteiger partial charge in [0.1, 0.15) is 19.6 Å². The highest BCUT2D eigenvalue weighted by molar-refractivity contribution is 6.30. The van der Waals surface area contributed by atoms with Gasteiger partial charge in [-0.3, -0.25) is 0 Å². The number of quaternary nitrogens is 1. The van der Waals surface area contributed by atoms with Gasteiger partial charge in [0.15, 0.2) is 0 Å². The van der Waals surface area contributed by atoms with Crippen LogP contribution in [0.2, 0.25) is 5.02 Å². The number of methoxy groups -OCH3 is 1. The third kappa shape index (κ3) is 5.68. The van der Waals surface area contributed by atoms with E-state index in [4.69, 9.17) is 16.3 Å². The predicted molar refractivity (Wildman–Crippen MR) is 62.7 cm³/mol. The zero-order chi connectivity index (χ0) is 12.7. The molecule has 0 bridgehead atoms. The van der Waals surface area contributed by atoms with Crippen molar-refractivity contribution < 1.29 is 19.5 Å². The van der Waals surface area contributed by atoms with E-state index in [2.05, 4.69) is 0 Å². The van der Waals surface area contributed by atoms with Crippen LogP contribution < -0.4 is 10.0 Å². The SMILES string of the molecule is COCC[NH+](CC(=O)[O-])Cc1ccc(Cl)cc1. The molecule has 17 heavy (non-hydrogen) atoms. The van der Waals surface area contributed by atoms with Crippen LogP contribution in [0.3, 0.4) is 0 Å². The van der Waals surface area contributed by atoms with E-state index >= 15 is 0 Å². The van der Waals surface area contributed by atoms with E-state index in [1.54, 1.807) is 19.2 Å². The molecule has 0 aliphatic carbocycles. The molecular formula is C12H16ClNO3. The molecular weight excluding hydrogens is 242 g/mol. The summed E-state index contributed by atoms with van der Waals surface area (Å²) in [6, 6.07) is 7.38. The second-order valence-corrected chi connectivity index (χ2v) is 4.28. The van der Waals surface area contributed by atoms with Gasteiger partial charge in [0.05, 0.1) is 12.6 Å². The lowest BCUT2D eigenvalue weighted by Gasteiger charge is -2.19. The van der Waals surface area contributed by atoms with Crippen LogP contribution in [-0.2, 0) is 16.1 Å². The number of nitrogens with one attached hydrogen (secondary N) is 1. The van der Waals surface area contributed by atoms with Crippen LogP contribution >= 0.6 is 11.6 Å².